The van der Waals surface area contributed by atoms with Gasteiger partial charge in [0.15, 0.2) is 5.82 Å². The number of aromatic nitrogens is 2. The number of carbonyl (C=O) groups excluding carboxylic acids is 1. The molecule has 1 saturated heterocycles. The number of carbonyl (C=O) groups is 1. The molecule has 2 heterocycles. The number of nitrogens with zero attached hydrogens (tertiary/aromatic N) is 3. The summed E-state index contributed by atoms with van der Waals surface area (Å²) in [7, 11) is 0. The molecule has 0 atom stereocenters. The second-order valence-corrected chi connectivity index (χ2v) is 5.49. The van der Waals surface area contributed by atoms with Gasteiger partial charge in [0, 0.05) is 25.9 Å². The molecule has 2 aromatic rings. The molecule has 0 unspecified atom stereocenters. The van der Waals surface area contributed by atoms with Crippen LogP contribution in [0.3, 0.4) is 0 Å². The average Bonchev–Trinajstić information content (AvgIpc) is 2.95. The van der Waals surface area contributed by atoms with Crippen LogP contribution in [0.1, 0.15) is 36.0 Å². The van der Waals surface area contributed by atoms with Crippen LogP contribution in [0.5, 0.6) is 0 Å². The molecule has 3 rings (SSSR count). The van der Waals surface area contributed by atoms with Gasteiger partial charge in [-0.05, 0) is 18.4 Å². The zero-order valence-corrected chi connectivity index (χ0v) is 12.2. The van der Waals surface area contributed by atoms with Crippen molar-refractivity contribution in [2.24, 2.45) is 0 Å². The Kier molecular flexibility index (Phi) is 3.99. The molecule has 110 valence electrons. The van der Waals surface area contributed by atoms with Gasteiger partial charge in [0.05, 0.1) is 6.42 Å². The second-order valence-electron chi connectivity index (χ2n) is 5.49. The van der Waals surface area contributed by atoms with Gasteiger partial charge in [0.2, 0.25) is 11.8 Å². The summed E-state index contributed by atoms with van der Waals surface area (Å²) in [6, 6.07) is 9.88. The summed E-state index contributed by atoms with van der Waals surface area (Å²) in [5.74, 6) is 1.89. The average molecular weight is 285 g/mol. The quantitative estimate of drug-likeness (QED) is 0.868. The molecular weight excluding hydrogens is 266 g/mol. The van der Waals surface area contributed by atoms with Crippen LogP contribution in [0.15, 0.2) is 34.9 Å². The Hall–Kier alpha value is -2.17. The first-order valence-corrected chi connectivity index (χ1v) is 7.34. The summed E-state index contributed by atoms with van der Waals surface area (Å²) >= 11 is 0. The lowest BCUT2D eigenvalue weighted by atomic mass is 9.95. The van der Waals surface area contributed by atoms with Crippen LogP contribution >= 0.6 is 0 Å². The Morgan fingerprint density at radius 3 is 2.62 bits per heavy atom. The lowest BCUT2D eigenvalue weighted by molar-refractivity contribution is -0.131. The lowest BCUT2D eigenvalue weighted by Gasteiger charge is -2.30. The van der Waals surface area contributed by atoms with Crippen LogP contribution in [0.4, 0.5) is 0 Å². The molecule has 5 heteroatoms. The molecule has 1 aromatic heterocycles. The van der Waals surface area contributed by atoms with E-state index in [9.17, 15) is 4.79 Å². The fourth-order valence-electron chi connectivity index (χ4n) is 2.75. The molecule has 1 fully saturated rings. The van der Waals surface area contributed by atoms with Crippen LogP contribution in [0, 0.1) is 6.92 Å². The lowest BCUT2D eigenvalue weighted by Crippen LogP contribution is -2.39. The van der Waals surface area contributed by atoms with Crippen molar-refractivity contribution in [3.63, 3.8) is 0 Å². The van der Waals surface area contributed by atoms with E-state index < -0.39 is 0 Å². The molecular formula is C16H19N3O2. The summed E-state index contributed by atoms with van der Waals surface area (Å²) in [6.45, 7) is 3.34. The summed E-state index contributed by atoms with van der Waals surface area (Å²) in [5.41, 5.74) is 1.07. The fourth-order valence-corrected chi connectivity index (χ4v) is 2.75. The van der Waals surface area contributed by atoms with E-state index in [1.807, 2.05) is 35.2 Å². The minimum atomic E-state index is 0.198. The Balaban J connectivity index is 1.54. The highest BCUT2D eigenvalue weighted by atomic mass is 16.5. The van der Waals surface area contributed by atoms with E-state index in [2.05, 4.69) is 10.1 Å². The molecule has 0 N–H and O–H groups in total. The van der Waals surface area contributed by atoms with Crippen molar-refractivity contribution in [2.75, 3.05) is 13.1 Å². The van der Waals surface area contributed by atoms with Crippen LogP contribution in [-0.4, -0.2) is 34.0 Å². The third-order valence-electron chi connectivity index (χ3n) is 3.95. The molecule has 21 heavy (non-hydrogen) atoms. The van der Waals surface area contributed by atoms with Crippen LogP contribution in [-0.2, 0) is 11.2 Å². The molecule has 5 nitrogen and oxygen atoms in total. The first-order valence-electron chi connectivity index (χ1n) is 7.34. The summed E-state index contributed by atoms with van der Waals surface area (Å²) in [5, 5.41) is 3.99. The highest BCUT2D eigenvalue weighted by Gasteiger charge is 2.26. The minimum Gasteiger partial charge on any atom is -0.342 e. The normalized spacial score (nSPS) is 16.1. The first-order chi connectivity index (χ1) is 10.2. The Morgan fingerprint density at radius 2 is 2.00 bits per heavy atom. The summed E-state index contributed by atoms with van der Waals surface area (Å²) in [4.78, 5) is 18.5. The number of piperidine rings is 1. The van der Waals surface area contributed by atoms with Crippen molar-refractivity contribution in [1.82, 2.24) is 15.0 Å². The second kappa shape index (κ2) is 6.08. The number of amides is 1. The number of hydrogen-bond acceptors (Lipinski definition) is 4. The molecule has 0 spiro atoms. The van der Waals surface area contributed by atoms with Gasteiger partial charge in [-0.1, -0.05) is 35.5 Å². The van der Waals surface area contributed by atoms with Gasteiger partial charge in [0.25, 0.3) is 0 Å². The SMILES string of the molecule is Cc1nc(C2CCN(C(=O)Cc3ccccc3)CC2)no1. The van der Waals surface area contributed by atoms with E-state index in [0.717, 1.165) is 37.3 Å². The molecule has 0 saturated carbocycles. The first kappa shape index (κ1) is 13.8. The highest BCUT2D eigenvalue weighted by molar-refractivity contribution is 5.78. The highest BCUT2D eigenvalue weighted by Crippen LogP contribution is 2.26. The van der Waals surface area contributed by atoms with Gasteiger partial charge >= 0.3 is 0 Å². The molecule has 0 bridgehead atoms. The van der Waals surface area contributed by atoms with Gasteiger partial charge in [0.1, 0.15) is 0 Å². The Morgan fingerprint density at radius 1 is 1.29 bits per heavy atom. The predicted octanol–water partition coefficient (Wildman–Crippen LogP) is 2.33. The zero-order chi connectivity index (χ0) is 14.7. The van der Waals surface area contributed by atoms with Crippen molar-refractivity contribution >= 4 is 5.91 Å². The largest absolute Gasteiger partial charge is 0.342 e. The third-order valence-corrected chi connectivity index (χ3v) is 3.95. The standard InChI is InChI=1S/C16H19N3O2/c1-12-17-16(18-21-12)14-7-9-19(10-8-14)15(20)11-13-5-3-2-4-6-13/h2-6,14H,7-11H2,1H3. The van der Waals surface area contributed by atoms with Crippen LogP contribution in [0.25, 0.3) is 0 Å². The van der Waals surface area contributed by atoms with E-state index in [4.69, 9.17) is 4.52 Å². The number of rotatable bonds is 3. The number of benzene rings is 1. The monoisotopic (exact) mass is 285 g/mol. The third kappa shape index (κ3) is 3.29. The van der Waals surface area contributed by atoms with Gasteiger partial charge < -0.3 is 9.42 Å². The zero-order valence-electron chi connectivity index (χ0n) is 12.2. The summed E-state index contributed by atoms with van der Waals surface area (Å²) in [6.07, 6.45) is 2.28. The number of aryl methyl sites for hydroxylation is 1. The molecule has 1 aromatic carbocycles. The predicted molar refractivity (Wildman–Crippen MR) is 77.7 cm³/mol. The molecule has 0 radical (unpaired) electrons. The molecule has 0 aliphatic carbocycles. The van der Waals surface area contributed by atoms with Gasteiger partial charge in [-0.25, -0.2) is 0 Å². The maximum Gasteiger partial charge on any atom is 0.226 e. The Labute approximate surface area is 124 Å². The van der Waals surface area contributed by atoms with Crippen LogP contribution in [0.2, 0.25) is 0 Å². The smallest absolute Gasteiger partial charge is 0.226 e. The van der Waals surface area contributed by atoms with Crippen molar-refractivity contribution in [3.8, 4) is 0 Å². The maximum absolute atomic E-state index is 12.3. The molecule has 1 aliphatic heterocycles. The van der Waals surface area contributed by atoms with Gasteiger partial charge in [-0.3, -0.25) is 4.79 Å². The van der Waals surface area contributed by atoms with E-state index >= 15 is 0 Å². The fraction of sp³-hybridized carbons (Fsp3) is 0.438. The summed E-state index contributed by atoms with van der Waals surface area (Å²) < 4.78 is 5.03. The van der Waals surface area contributed by atoms with Crippen molar-refractivity contribution in [2.45, 2.75) is 32.1 Å². The van der Waals surface area contributed by atoms with Crippen molar-refractivity contribution < 1.29 is 9.32 Å². The number of likely N-dealkylation sites (tertiary alicyclic amines) is 1. The minimum absolute atomic E-state index is 0.198. The van der Waals surface area contributed by atoms with E-state index in [1.165, 1.54) is 0 Å². The molecule has 1 amide bonds. The maximum atomic E-state index is 12.3. The van der Waals surface area contributed by atoms with Gasteiger partial charge in [-0.2, -0.15) is 4.98 Å². The van der Waals surface area contributed by atoms with Gasteiger partial charge in [-0.15, -0.1) is 0 Å². The van der Waals surface area contributed by atoms with E-state index in [-0.39, 0.29) is 5.91 Å². The topological polar surface area (TPSA) is 59.2 Å². The van der Waals surface area contributed by atoms with E-state index in [1.54, 1.807) is 6.92 Å². The van der Waals surface area contributed by atoms with Crippen molar-refractivity contribution in [3.05, 3.63) is 47.6 Å². The Bertz CT molecular complexity index is 601. The van der Waals surface area contributed by atoms with Crippen molar-refractivity contribution in [1.29, 1.82) is 0 Å². The molecule has 1 aliphatic rings. The van der Waals surface area contributed by atoms with Crippen LogP contribution < -0.4 is 0 Å². The number of hydrogen-bond donors (Lipinski definition) is 0. The van der Waals surface area contributed by atoms with E-state index in [0.29, 0.717) is 18.2 Å².